The zero-order valence-corrected chi connectivity index (χ0v) is 8.49. The predicted molar refractivity (Wildman–Crippen MR) is 55.0 cm³/mol. The Kier molecular flexibility index (Phi) is 4.29. The van der Waals surface area contributed by atoms with E-state index >= 15 is 0 Å². The highest BCUT2D eigenvalue weighted by Gasteiger charge is 2.09. The Morgan fingerprint density at radius 1 is 1.43 bits per heavy atom. The van der Waals surface area contributed by atoms with Gasteiger partial charge in [-0.15, -0.1) is 0 Å². The summed E-state index contributed by atoms with van der Waals surface area (Å²) in [4.78, 5) is 16.4. The first-order chi connectivity index (χ1) is 6.74. The lowest BCUT2D eigenvalue weighted by atomic mass is 10.1. The summed E-state index contributed by atoms with van der Waals surface area (Å²) in [5.74, 6) is 0.127. The highest BCUT2D eigenvalue weighted by molar-refractivity contribution is 5.96. The first kappa shape index (κ1) is 10.9. The summed E-state index contributed by atoms with van der Waals surface area (Å²) < 4.78 is 0. The standard InChI is InChI=1S/C11H15NO2/c1-9(12-14-2)8-11(13)10-6-4-3-5-7-10/h3-7,9,12H,8H2,1-2H3. The Labute approximate surface area is 84.0 Å². The van der Waals surface area contributed by atoms with Gasteiger partial charge in [-0.2, -0.15) is 5.48 Å². The number of hydrogen-bond acceptors (Lipinski definition) is 3. The van der Waals surface area contributed by atoms with Gasteiger partial charge in [0.15, 0.2) is 5.78 Å². The fraction of sp³-hybridized carbons (Fsp3) is 0.364. The van der Waals surface area contributed by atoms with Gasteiger partial charge in [0, 0.05) is 18.0 Å². The van der Waals surface area contributed by atoms with Crippen LogP contribution in [-0.4, -0.2) is 18.9 Å². The van der Waals surface area contributed by atoms with Crippen molar-refractivity contribution in [3.05, 3.63) is 35.9 Å². The third kappa shape index (κ3) is 3.28. The molecule has 0 fully saturated rings. The fourth-order valence-electron chi connectivity index (χ4n) is 1.26. The Morgan fingerprint density at radius 2 is 2.07 bits per heavy atom. The molecule has 1 rings (SSSR count). The molecule has 0 radical (unpaired) electrons. The quantitative estimate of drug-likeness (QED) is 0.572. The summed E-state index contributed by atoms with van der Waals surface area (Å²) in [6.07, 6.45) is 0.442. The van der Waals surface area contributed by atoms with E-state index in [2.05, 4.69) is 5.48 Å². The van der Waals surface area contributed by atoms with Gasteiger partial charge >= 0.3 is 0 Å². The van der Waals surface area contributed by atoms with Crippen LogP contribution in [0.25, 0.3) is 0 Å². The van der Waals surface area contributed by atoms with Crippen LogP contribution in [0.3, 0.4) is 0 Å². The van der Waals surface area contributed by atoms with Gasteiger partial charge in [-0.1, -0.05) is 30.3 Å². The number of hydroxylamine groups is 1. The molecule has 1 N–H and O–H groups in total. The van der Waals surface area contributed by atoms with Crippen LogP contribution in [-0.2, 0) is 4.84 Å². The molecule has 0 bridgehead atoms. The van der Waals surface area contributed by atoms with Crippen molar-refractivity contribution >= 4 is 5.78 Å². The second-order valence-electron chi connectivity index (χ2n) is 3.22. The molecule has 0 aliphatic heterocycles. The molecular formula is C11H15NO2. The highest BCUT2D eigenvalue weighted by Crippen LogP contribution is 2.04. The molecule has 76 valence electrons. The van der Waals surface area contributed by atoms with Crippen LogP contribution in [0.5, 0.6) is 0 Å². The fourth-order valence-corrected chi connectivity index (χ4v) is 1.26. The number of ketones is 1. The molecule has 0 aliphatic rings. The number of Topliss-reactive ketones (excluding diaryl/α,β-unsaturated/α-hetero) is 1. The van der Waals surface area contributed by atoms with Crippen LogP contribution in [0.15, 0.2) is 30.3 Å². The van der Waals surface area contributed by atoms with Gasteiger partial charge in [-0.05, 0) is 6.92 Å². The Balaban J connectivity index is 2.51. The molecule has 1 unspecified atom stereocenters. The second kappa shape index (κ2) is 5.52. The van der Waals surface area contributed by atoms with E-state index in [0.717, 1.165) is 5.56 Å². The smallest absolute Gasteiger partial charge is 0.164 e. The number of carbonyl (C=O) groups is 1. The molecule has 3 heteroatoms. The average Bonchev–Trinajstić information content (AvgIpc) is 2.19. The first-order valence-electron chi connectivity index (χ1n) is 4.61. The van der Waals surface area contributed by atoms with E-state index in [1.165, 1.54) is 0 Å². The maximum atomic E-state index is 11.6. The lowest BCUT2D eigenvalue weighted by molar-refractivity contribution is 0.0596. The molecule has 1 atom stereocenters. The SMILES string of the molecule is CONC(C)CC(=O)c1ccccc1. The zero-order chi connectivity index (χ0) is 10.4. The minimum Gasteiger partial charge on any atom is -0.305 e. The van der Waals surface area contributed by atoms with Gasteiger partial charge in [-0.3, -0.25) is 4.79 Å². The molecule has 0 saturated heterocycles. The van der Waals surface area contributed by atoms with Crippen molar-refractivity contribution < 1.29 is 9.63 Å². The summed E-state index contributed by atoms with van der Waals surface area (Å²) >= 11 is 0. The van der Waals surface area contributed by atoms with E-state index in [9.17, 15) is 4.79 Å². The van der Waals surface area contributed by atoms with Crippen LogP contribution in [0, 0.1) is 0 Å². The van der Waals surface area contributed by atoms with Gasteiger partial charge in [-0.25, -0.2) is 0 Å². The summed E-state index contributed by atoms with van der Waals surface area (Å²) in [6.45, 7) is 1.91. The van der Waals surface area contributed by atoms with E-state index in [1.54, 1.807) is 7.11 Å². The van der Waals surface area contributed by atoms with Crippen molar-refractivity contribution in [2.24, 2.45) is 0 Å². The molecule has 0 saturated carbocycles. The van der Waals surface area contributed by atoms with Crippen molar-refractivity contribution in [3.8, 4) is 0 Å². The summed E-state index contributed by atoms with van der Waals surface area (Å²) in [7, 11) is 1.55. The highest BCUT2D eigenvalue weighted by atomic mass is 16.6. The molecule has 0 heterocycles. The van der Waals surface area contributed by atoms with Gasteiger partial charge in [0.1, 0.15) is 0 Å². The molecule has 0 aliphatic carbocycles. The number of benzene rings is 1. The van der Waals surface area contributed by atoms with E-state index in [4.69, 9.17) is 4.84 Å². The normalized spacial score (nSPS) is 12.4. The van der Waals surface area contributed by atoms with Gasteiger partial charge in [0.25, 0.3) is 0 Å². The summed E-state index contributed by atoms with van der Waals surface area (Å²) in [6, 6.07) is 9.30. The maximum absolute atomic E-state index is 11.6. The number of hydrogen-bond donors (Lipinski definition) is 1. The van der Waals surface area contributed by atoms with Crippen LogP contribution >= 0.6 is 0 Å². The third-order valence-corrected chi connectivity index (χ3v) is 1.91. The number of carbonyl (C=O) groups excluding carboxylic acids is 1. The van der Waals surface area contributed by atoms with Crippen LogP contribution in [0.4, 0.5) is 0 Å². The molecule has 3 nitrogen and oxygen atoms in total. The lowest BCUT2D eigenvalue weighted by Gasteiger charge is -2.10. The van der Waals surface area contributed by atoms with Crippen LogP contribution in [0.2, 0.25) is 0 Å². The summed E-state index contributed by atoms with van der Waals surface area (Å²) in [5, 5.41) is 0. The molecule has 1 aromatic carbocycles. The largest absolute Gasteiger partial charge is 0.305 e. The van der Waals surface area contributed by atoms with Gasteiger partial charge in [0.05, 0.1) is 7.11 Å². The Hall–Kier alpha value is -1.19. The van der Waals surface area contributed by atoms with Crippen molar-refractivity contribution in [1.29, 1.82) is 0 Å². The lowest BCUT2D eigenvalue weighted by Crippen LogP contribution is -2.27. The van der Waals surface area contributed by atoms with Crippen molar-refractivity contribution in [2.45, 2.75) is 19.4 Å². The molecule has 0 amide bonds. The molecule has 14 heavy (non-hydrogen) atoms. The monoisotopic (exact) mass is 193 g/mol. The molecular weight excluding hydrogens is 178 g/mol. The second-order valence-corrected chi connectivity index (χ2v) is 3.22. The molecule has 0 spiro atoms. The van der Waals surface area contributed by atoms with Crippen LogP contribution in [0.1, 0.15) is 23.7 Å². The van der Waals surface area contributed by atoms with Crippen molar-refractivity contribution in [1.82, 2.24) is 5.48 Å². The number of rotatable bonds is 5. The molecule has 1 aromatic rings. The maximum Gasteiger partial charge on any atom is 0.164 e. The minimum absolute atomic E-state index is 0.0349. The van der Waals surface area contributed by atoms with Crippen LogP contribution < -0.4 is 5.48 Å². The molecule has 0 aromatic heterocycles. The van der Waals surface area contributed by atoms with E-state index < -0.39 is 0 Å². The number of nitrogens with one attached hydrogen (secondary N) is 1. The van der Waals surface area contributed by atoms with Crippen molar-refractivity contribution in [2.75, 3.05) is 7.11 Å². The zero-order valence-electron chi connectivity index (χ0n) is 8.49. The topological polar surface area (TPSA) is 38.3 Å². The van der Waals surface area contributed by atoms with Gasteiger partial charge in [0.2, 0.25) is 0 Å². The summed E-state index contributed by atoms with van der Waals surface area (Å²) in [5.41, 5.74) is 3.47. The third-order valence-electron chi connectivity index (χ3n) is 1.91. The average molecular weight is 193 g/mol. The first-order valence-corrected chi connectivity index (χ1v) is 4.61. The van der Waals surface area contributed by atoms with E-state index in [1.807, 2.05) is 37.3 Å². The Morgan fingerprint density at radius 3 is 2.64 bits per heavy atom. The minimum atomic E-state index is 0.0349. The van der Waals surface area contributed by atoms with Crippen molar-refractivity contribution in [3.63, 3.8) is 0 Å². The predicted octanol–water partition coefficient (Wildman–Crippen LogP) is 1.80. The van der Waals surface area contributed by atoms with E-state index in [0.29, 0.717) is 6.42 Å². The van der Waals surface area contributed by atoms with Gasteiger partial charge < -0.3 is 4.84 Å². The Bertz CT molecular complexity index is 285. The van der Waals surface area contributed by atoms with E-state index in [-0.39, 0.29) is 11.8 Å².